The van der Waals surface area contributed by atoms with Gasteiger partial charge in [0, 0.05) is 20.2 Å². The summed E-state index contributed by atoms with van der Waals surface area (Å²) in [6.07, 6.45) is 0.0487. The third-order valence-corrected chi connectivity index (χ3v) is 1.83. The minimum atomic E-state index is 0.0487. The Bertz CT molecular complexity index is 161. The second-order valence-corrected chi connectivity index (χ2v) is 2.78. The topological polar surface area (TPSA) is 71.6 Å². The molecule has 1 atom stereocenters. The molecule has 1 rings (SSSR count). The molecule has 0 aromatic carbocycles. The van der Waals surface area contributed by atoms with Crippen LogP contribution in [0.5, 0.6) is 0 Å². The summed E-state index contributed by atoms with van der Waals surface area (Å²) in [5.41, 5.74) is 5.34. The predicted octanol–water partition coefficient (Wildman–Crippen LogP) is -0.773. The number of ether oxygens (including phenoxy) is 2. The first-order valence-corrected chi connectivity index (χ1v) is 3.93. The van der Waals surface area contributed by atoms with Gasteiger partial charge in [0.15, 0.2) is 5.96 Å². The zero-order chi connectivity index (χ0) is 8.97. The van der Waals surface area contributed by atoms with Crippen LogP contribution in [0.4, 0.5) is 0 Å². The molecule has 0 radical (unpaired) electrons. The fourth-order valence-electron chi connectivity index (χ4n) is 1.22. The summed E-state index contributed by atoms with van der Waals surface area (Å²) >= 11 is 0. The largest absolute Gasteiger partial charge is 0.382 e. The standard InChI is InChI=1S/C7H15N3O2/c1-11-5-6-4-10(7(8)9)2-3-12-6/h6H,2-5H2,1H3,(H3,8,9)/t6-/m0/s1. The van der Waals surface area contributed by atoms with E-state index in [-0.39, 0.29) is 12.1 Å². The minimum Gasteiger partial charge on any atom is -0.382 e. The molecule has 0 spiro atoms. The molecule has 0 aliphatic carbocycles. The maximum absolute atomic E-state index is 7.22. The van der Waals surface area contributed by atoms with Crippen molar-refractivity contribution < 1.29 is 9.47 Å². The molecule has 1 aliphatic heterocycles. The number of nitrogens with one attached hydrogen (secondary N) is 1. The van der Waals surface area contributed by atoms with E-state index in [0.29, 0.717) is 26.3 Å². The highest BCUT2D eigenvalue weighted by Crippen LogP contribution is 2.04. The van der Waals surface area contributed by atoms with Crippen LogP contribution in [0, 0.1) is 5.41 Å². The Morgan fingerprint density at radius 1 is 1.83 bits per heavy atom. The van der Waals surface area contributed by atoms with Crippen molar-refractivity contribution in [3.63, 3.8) is 0 Å². The van der Waals surface area contributed by atoms with Crippen molar-refractivity contribution in [2.45, 2.75) is 6.10 Å². The van der Waals surface area contributed by atoms with E-state index in [4.69, 9.17) is 20.6 Å². The highest BCUT2D eigenvalue weighted by Gasteiger charge is 2.20. The summed E-state index contributed by atoms with van der Waals surface area (Å²) in [5, 5.41) is 7.22. The van der Waals surface area contributed by atoms with Crippen molar-refractivity contribution in [2.24, 2.45) is 5.73 Å². The van der Waals surface area contributed by atoms with Crippen LogP contribution in [-0.2, 0) is 9.47 Å². The molecule has 0 amide bonds. The second-order valence-electron chi connectivity index (χ2n) is 2.78. The predicted molar refractivity (Wildman–Crippen MR) is 45.1 cm³/mol. The Kier molecular flexibility index (Phi) is 3.31. The monoisotopic (exact) mass is 173 g/mol. The minimum absolute atomic E-state index is 0.0487. The van der Waals surface area contributed by atoms with E-state index in [2.05, 4.69) is 0 Å². The maximum atomic E-state index is 7.22. The van der Waals surface area contributed by atoms with E-state index in [1.165, 1.54) is 0 Å². The van der Waals surface area contributed by atoms with Crippen molar-refractivity contribution in [1.82, 2.24) is 4.90 Å². The Labute approximate surface area is 71.9 Å². The van der Waals surface area contributed by atoms with Gasteiger partial charge in [-0.15, -0.1) is 0 Å². The summed E-state index contributed by atoms with van der Waals surface area (Å²) in [6, 6.07) is 0. The first-order chi connectivity index (χ1) is 5.74. The van der Waals surface area contributed by atoms with E-state index >= 15 is 0 Å². The van der Waals surface area contributed by atoms with Crippen LogP contribution in [0.15, 0.2) is 0 Å². The van der Waals surface area contributed by atoms with Crippen LogP contribution in [0.2, 0.25) is 0 Å². The number of morpholine rings is 1. The number of methoxy groups -OCH3 is 1. The summed E-state index contributed by atoms with van der Waals surface area (Å²) in [7, 11) is 1.63. The SMILES string of the molecule is COC[C@@H]1CN(C(=N)N)CCO1. The Morgan fingerprint density at radius 2 is 2.58 bits per heavy atom. The molecule has 1 heterocycles. The Morgan fingerprint density at radius 3 is 3.17 bits per heavy atom. The zero-order valence-electron chi connectivity index (χ0n) is 7.25. The van der Waals surface area contributed by atoms with Gasteiger partial charge in [-0.2, -0.15) is 0 Å². The molecule has 1 fully saturated rings. The molecule has 0 bridgehead atoms. The van der Waals surface area contributed by atoms with Crippen molar-refractivity contribution >= 4 is 5.96 Å². The number of nitrogens with zero attached hydrogens (tertiary/aromatic N) is 1. The van der Waals surface area contributed by atoms with Gasteiger partial charge < -0.3 is 20.1 Å². The van der Waals surface area contributed by atoms with Crippen molar-refractivity contribution in [3.8, 4) is 0 Å². The first-order valence-electron chi connectivity index (χ1n) is 3.93. The molecule has 12 heavy (non-hydrogen) atoms. The molecule has 0 saturated carbocycles. The van der Waals surface area contributed by atoms with Crippen molar-refractivity contribution in [1.29, 1.82) is 5.41 Å². The summed E-state index contributed by atoms with van der Waals surface area (Å²) < 4.78 is 10.3. The van der Waals surface area contributed by atoms with Gasteiger partial charge >= 0.3 is 0 Å². The number of guanidine groups is 1. The molecule has 5 heteroatoms. The quantitative estimate of drug-likeness (QED) is 0.425. The second kappa shape index (κ2) is 4.27. The van der Waals surface area contributed by atoms with Gasteiger partial charge in [-0.3, -0.25) is 5.41 Å². The van der Waals surface area contributed by atoms with Crippen LogP contribution >= 0.6 is 0 Å². The van der Waals surface area contributed by atoms with E-state index in [0.717, 1.165) is 0 Å². The summed E-state index contributed by atoms with van der Waals surface area (Å²) in [5.74, 6) is 0.111. The summed E-state index contributed by atoms with van der Waals surface area (Å²) in [6.45, 7) is 2.54. The first kappa shape index (κ1) is 9.28. The van der Waals surface area contributed by atoms with Gasteiger partial charge in [0.2, 0.25) is 0 Å². The maximum Gasteiger partial charge on any atom is 0.188 e. The van der Waals surface area contributed by atoms with Crippen LogP contribution < -0.4 is 5.73 Å². The van der Waals surface area contributed by atoms with Crippen molar-refractivity contribution in [3.05, 3.63) is 0 Å². The van der Waals surface area contributed by atoms with Crippen molar-refractivity contribution in [2.75, 3.05) is 33.4 Å². The fraction of sp³-hybridized carbons (Fsp3) is 0.857. The number of hydrogen-bond acceptors (Lipinski definition) is 3. The van der Waals surface area contributed by atoms with E-state index in [9.17, 15) is 0 Å². The lowest BCUT2D eigenvalue weighted by atomic mass is 10.3. The molecular weight excluding hydrogens is 158 g/mol. The van der Waals surface area contributed by atoms with Gasteiger partial charge in [0.25, 0.3) is 0 Å². The highest BCUT2D eigenvalue weighted by molar-refractivity contribution is 5.74. The lowest BCUT2D eigenvalue weighted by molar-refractivity contribution is -0.0444. The molecule has 70 valence electrons. The Balaban J connectivity index is 2.35. The molecule has 0 aromatic heterocycles. The van der Waals surface area contributed by atoms with Crippen LogP contribution in [0.25, 0.3) is 0 Å². The van der Waals surface area contributed by atoms with E-state index in [1.54, 1.807) is 12.0 Å². The third kappa shape index (κ3) is 2.35. The Hall–Kier alpha value is -0.810. The summed E-state index contributed by atoms with van der Waals surface area (Å²) in [4.78, 5) is 1.78. The highest BCUT2D eigenvalue weighted by atomic mass is 16.5. The van der Waals surface area contributed by atoms with Gasteiger partial charge in [-0.05, 0) is 0 Å². The smallest absolute Gasteiger partial charge is 0.188 e. The van der Waals surface area contributed by atoms with Gasteiger partial charge in [-0.1, -0.05) is 0 Å². The average Bonchev–Trinajstić information content (AvgIpc) is 2.05. The lowest BCUT2D eigenvalue weighted by Gasteiger charge is -2.32. The number of hydrogen-bond donors (Lipinski definition) is 2. The van der Waals surface area contributed by atoms with Crippen LogP contribution in [0.1, 0.15) is 0 Å². The van der Waals surface area contributed by atoms with Crippen LogP contribution in [-0.4, -0.2) is 50.4 Å². The molecule has 0 unspecified atom stereocenters. The van der Waals surface area contributed by atoms with Gasteiger partial charge in [0.05, 0.1) is 19.3 Å². The van der Waals surface area contributed by atoms with Crippen LogP contribution in [0.3, 0.4) is 0 Å². The average molecular weight is 173 g/mol. The number of rotatable bonds is 2. The van der Waals surface area contributed by atoms with Gasteiger partial charge in [0.1, 0.15) is 0 Å². The zero-order valence-corrected chi connectivity index (χ0v) is 7.25. The molecule has 1 aliphatic rings. The molecule has 3 N–H and O–H groups in total. The van der Waals surface area contributed by atoms with Gasteiger partial charge in [-0.25, -0.2) is 0 Å². The fourth-order valence-corrected chi connectivity index (χ4v) is 1.22. The molecule has 0 aromatic rings. The van der Waals surface area contributed by atoms with E-state index < -0.39 is 0 Å². The van der Waals surface area contributed by atoms with E-state index in [1.807, 2.05) is 0 Å². The molecule has 1 saturated heterocycles. The lowest BCUT2D eigenvalue weighted by Crippen LogP contribution is -2.49. The third-order valence-electron chi connectivity index (χ3n) is 1.83. The molecular formula is C7H15N3O2. The normalized spacial score (nSPS) is 24.1. The molecule has 5 nitrogen and oxygen atoms in total. The number of nitrogens with two attached hydrogens (primary N) is 1.